The van der Waals surface area contributed by atoms with Crippen LogP contribution in [0.2, 0.25) is 10.0 Å². The fourth-order valence-corrected chi connectivity index (χ4v) is 10.2. The Balaban J connectivity index is 0.000000198. The summed E-state index contributed by atoms with van der Waals surface area (Å²) in [5, 5.41) is 18.3. The van der Waals surface area contributed by atoms with Crippen LogP contribution in [0.15, 0.2) is 97.6 Å². The van der Waals surface area contributed by atoms with Gasteiger partial charge in [-0.2, -0.15) is 0 Å². The summed E-state index contributed by atoms with van der Waals surface area (Å²) >= 11 is 12.9. The third kappa shape index (κ3) is 11.5. The van der Waals surface area contributed by atoms with Crippen LogP contribution in [0.5, 0.6) is 11.5 Å². The van der Waals surface area contributed by atoms with Crippen molar-refractivity contribution >= 4 is 68.8 Å². The average molecular weight is 1050 g/mol. The molecular formula is C57H66Cl2N4O11. The monoisotopic (exact) mass is 1050 g/mol. The van der Waals surface area contributed by atoms with Gasteiger partial charge in [-0.1, -0.05) is 112 Å². The summed E-state index contributed by atoms with van der Waals surface area (Å²) < 4.78 is 35.5. The zero-order valence-corrected chi connectivity index (χ0v) is 44.7. The number of carboxylic acid groups (broad SMARTS) is 1. The number of carbonyl (C=O) groups is 4. The molecule has 2 unspecified atom stereocenters. The van der Waals surface area contributed by atoms with E-state index in [0.29, 0.717) is 59.4 Å². The maximum Gasteiger partial charge on any atom is 0.313 e. The Morgan fingerprint density at radius 1 is 0.662 bits per heavy atom. The summed E-state index contributed by atoms with van der Waals surface area (Å²) in [7, 11) is 6.75. The quantitative estimate of drug-likeness (QED) is 0.0621. The molecule has 2 amide bonds. The lowest BCUT2D eigenvalue weighted by Crippen LogP contribution is -2.59. The molecule has 4 aromatic carbocycles. The molecule has 2 aromatic heterocycles. The Kier molecular flexibility index (Phi) is 17.9. The second-order valence-electron chi connectivity index (χ2n) is 19.5. The van der Waals surface area contributed by atoms with Gasteiger partial charge in [-0.05, 0) is 83.3 Å². The Morgan fingerprint density at radius 2 is 1.07 bits per heavy atom. The highest BCUT2D eigenvalue weighted by Crippen LogP contribution is 2.38. The molecule has 0 radical (unpaired) electrons. The summed E-state index contributed by atoms with van der Waals surface area (Å²) in [6.45, 7) is 14.9. The SMILES string of the molecule is C1CCOC1.C=CCOC(=O)C(c1ccc(C2(NC(=O)c3cc4c(Cl)c(OC)ccc4n3C)COC2)cc1)C(C)C.COc1ccc2c(cc(C(=O)NC3(c4ccc(C(C(=O)O)C(C)C)cc4)COC3)n2C)c1Cl. The third-order valence-corrected chi connectivity index (χ3v) is 14.7. The number of nitrogens with zero attached hydrogens (tertiary/aromatic N) is 2. The number of benzene rings is 4. The molecule has 0 spiro atoms. The molecule has 5 heterocycles. The number of nitrogens with one attached hydrogen (secondary N) is 2. The van der Waals surface area contributed by atoms with Crippen LogP contribution in [0.25, 0.3) is 21.8 Å². The highest BCUT2D eigenvalue weighted by Gasteiger charge is 2.44. The van der Waals surface area contributed by atoms with Crippen molar-refractivity contribution < 1.29 is 52.7 Å². The normalized spacial score (nSPS) is 16.1. The van der Waals surface area contributed by atoms with Gasteiger partial charge in [0.05, 0.1) is 73.6 Å². The minimum atomic E-state index is -0.848. The van der Waals surface area contributed by atoms with Crippen LogP contribution in [0.4, 0.5) is 0 Å². The zero-order chi connectivity index (χ0) is 53.5. The van der Waals surface area contributed by atoms with E-state index in [9.17, 15) is 24.3 Å². The number of methoxy groups -OCH3 is 2. The number of fused-ring (bicyclic) bond motifs is 2. The standard InChI is InChI=1S/C28H31ClN2O5.C25H27ClN2O5.C4H8O/c1-6-13-36-27(33)24(17(2)3)18-7-9-19(10-8-18)28(15-35-16-28)30-26(32)22-14-20-21(31(22)4)11-12-23(34-5)25(20)29;1-14(2)21(24(30)31)15-5-7-16(8-6-15)25(12-33-13-25)27-23(29)19-11-17-18(28(19)3)9-10-20(32-4)22(17)26;1-2-4-5-3-1/h6-12,14,17,24H,1,13,15-16H2,2-5H3,(H,30,32);5-11,14,21H,12-13H2,1-4H3,(H,27,29)(H,30,31);1-4H2. The number of rotatable bonds is 16. The Morgan fingerprint density at radius 3 is 1.38 bits per heavy atom. The van der Waals surface area contributed by atoms with Crippen LogP contribution in [-0.4, -0.2) is 98.5 Å². The first-order chi connectivity index (χ1) is 35.4. The van der Waals surface area contributed by atoms with Gasteiger partial charge in [-0.3, -0.25) is 19.2 Å². The van der Waals surface area contributed by atoms with Gasteiger partial charge in [0.2, 0.25) is 0 Å². The maximum atomic E-state index is 13.4. The number of aryl methyl sites for hydroxylation is 2. The number of aromatic nitrogens is 2. The van der Waals surface area contributed by atoms with E-state index < -0.39 is 23.0 Å². The first-order valence-electron chi connectivity index (χ1n) is 24.6. The molecule has 3 aliphatic rings. The summed E-state index contributed by atoms with van der Waals surface area (Å²) in [6, 6.07) is 26.0. The molecule has 0 aliphatic carbocycles. The Hall–Kier alpha value is -6.36. The number of aliphatic carboxylic acids is 1. The van der Waals surface area contributed by atoms with E-state index in [1.54, 1.807) is 49.1 Å². The molecule has 0 saturated carbocycles. The predicted octanol–water partition coefficient (Wildman–Crippen LogP) is 10.1. The molecule has 3 fully saturated rings. The number of carboxylic acids is 1. The minimum Gasteiger partial charge on any atom is -0.495 e. The summed E-state index contributed by atoms with van der Waals surface area (Å²) in [6.07, 6.45) is 4.11. The van der Waals surface area contributed by atoms with Crippen molar-refractivity contribution in [2.75, 3.05) is 60.5 Å². The lowest BCUT2D eigenvalue weighted by atomic mass is 9.83. The molecule has 15 nitrogen and oxygen atoms in total. The van der Waals surface area contributed by atoms with Gasteiger partial charge in [-0.15, -0.1) is 0 Å². The van der Waals surface area contributed by atoms with E-state index in [1.807, 2.05) is 107 Å². The molecule has 3 saturated heterocycles. The molecule has 0 bridgehead atoms. The molecule has 3 N–H and O–H groups in total. The van der Waals surface area contributed by atoms with Gasteiger partial charge in [0.1, 0.15) is 40.6 Å². The average Bonchev–Trinajstić information content (AvgIpc) is 4.13. The molecule has 3 aliphatic heterocycles. The molecular weight excluding hydrogens is 988 g/mol. The van der Waals surface area contributed by atoms with Crippen LogP contribution in [0.3, 0.4) is 0 Å². The highest BCUT2D eigenvalue weighted by molar-refractivity contribution is 6.37. The van der Waals surface area contributed by atoms with Crippen molar-refractivity contribution in [3.8, 4) is 11.5 Å². The van der Waals surface area contributed by atoms with E-state index in [-0.39, 0.29) is 42.1 Å². The van der Waals surface area contributed by atoms with Gasteiger partial charge in [-0.25, -0.2) is 0 Å². The molecule has 9 rings (SSSR count). The number of halogens is 2. The molecule has 6 aromatic rings. The van der Waals surface area contributed by atoms with Gasteiger partial charge < -0.3 is 53.3 Å². The highest BCUT2D eigenvalue weighted by atomic mass is 35.5. The van der Waals surface area contributed by atoms with Crippen LogP contribution in [-0.2, 0) is 53.7 Å². The first kappa shape index (κ1) is 55.4. The van der Waals surface area contributed by atoms with Crippen LogP contribution in [0.1, 0.15) is 95.6 Å². The van der Waals surface area contributed by atoms with Gasteiger partial charge in [0, 0.05) is 38.1 Å². The lowest BCUT2D eigenvalue weighted by molar-refractivity contribution is -0.145. The lowest BCUT2D eigenvalue weighted by Gasteiger charge is -2.42. The summed E-state index contributed by atoms with van der Waals surface area (Å²) in [5.41, 5.74) is 4.64. The van der Waals surface area contributed by atoms with E-state index in [0.717, 1.165) is 57.3 Å². The van der Waals surface area contributed by atoms with Crippen LogP contribution >= 0.6 is 23.2 Å². The van der Waals surface area contributed by atoms with E-state index >= 15 is 0 Å². The predicted molar refractivity (Wildman–Crippen MR) is 286 cm³/mol. The third-order valence-electron chi connectivity index (χ3n) is 13.9. The second kappa shape index (κ2) is 23.9. The van der Waals surface area contributed by atoms with Crippen molar-refractivity contribution in [2.45, 2.75) is 63.5 Å². The molecule has 17 heteroatoms. The van der Waals surface area contributed by atoms with Gasteiger partial charge in [0.25, 0.3) is 11.8 Å². The van der Waals surface area contributed by atoms with Crippen LogP contribution in [0, 0.1) is 11.8 Å². The number of esters is 1. The molecule has 74 heavy (non-hydrogen) atoms. The molecule has 2 atom stereocenters. The second-order valence-corrected chi connectivity index (χ2v) is 20.3. The first-order valence-corrected chi connectivity index (χ1v) is 25.4. The van der Waals surface area contributed by atoms with Crippen molar-refractivity contribution in [3.63, 3.8) is 0 Å². The minimum absolute atomic E-state index is 0.0361. The topological polar surface area (TPSA) is 178 Å². The zero-order valence-electron chi connectivity index (χ0n) is 43.2. The summed E-state index contributed by atoms with van der Waals surface area (Å²) in [4.78, 5) is 51.0. The van der Waals surface area contributed by atoms with Crippen LogP contribution < -0.4 is 20.1 Å². The number of hydrogen-bond acceptors (Lipinski definition) is 10. The summed E-state index contributed by atoms with van der Waals surface area (Å²) in [5.74, 6) is -1.45. The number of hydrogen-bond donors (Lipinski definition) is 3. The number of carbonyl (C=O) groups excluding carboxylic acids is 3. The molecule has 394 valence electrons. The van der Waals surface area contributed by atoms with E-state index in [4.69, 9.17) is 51.6 Å². The van der Waals surface area contributed by atoms with Crippen molar-refractivity contribution in [1.29, 1.82) is 0 Å². The van der Waals surface area contributed by atoms with Gasteiger partial charge in [0.15, 0.2) is 0 Å². The van der Waals surface area contributed by atoms with Crippen molar-refractivity contribution in [3.05, 3.63) is 141 Å². The van der Waals surface area contributed by atoms with E-state index in [2.05, 4.69) is 17.2 Å². The van der Waals surface area contributed by atoms with Crippen molar-refractivity contribution in [1.82, 2.24) is 19.8 Å². The smallest absolute Gasteiger partial charge is 0.313 e. The number of ether oxygens (including phenoxy) is 6. The maximum absolute atomic E-state index is 13.4. The van der Waals surface area contributed by atoms with Gasteiger partial charge >= 0.3 is 11.9 Å². The Labute approximate surface area is 442 Å². The fraction of sp³-hybridized carbons (Fsp3) is 0.404. The number of amides is 2. The van der Waals surface area contributed by atoms with Crippen molar-refractivity contribution in [2.24, 2.45) is 25.9 Å². The fourth-order valence-electron chi connectivity index (χ4n) is 9.63. The largest absolute Gasteiger partial charge is 0.495 e. The van der Waals surface area contributed by atoms with E-state index in [1.165, 1.54) is 12.8 Å². The Bertz CT molecular complexity index is 2980.